The van der Waals surface area contributed by atoms with E-state index in [9.17, 15) is 14.0 Å². The molecule has 0 aromatic heterocycles. The number of benzene rings is 1. The maximum Gasteiger partial charge on any atom is 0.327 e. The lowest BCUT2D eigenvalue weighted by Crippen LogP contribution is -2.66. The number of carbonyl (C=O) groups is 2. The number of carbonyl (C=O) groups excluding carboxylic acids is 2. The first-order chi connectivity index (χ1) is 12.0. The predicted molar refractivity (Wildman–Crippen MR) is 100.0 cm³/mol. The van der Waals surface area contributed by atoms with E-state index in [0.717, 1.165) is 5.01 Å². The van der Waals surface area contributed by atoms with Gasteiger partial charge in [-0.2, -0.15) is 0 Å². The van der Waals surface area contributed by atoms with Crippen LogP contribution in [0.25, 0.3) is 0 Å². The average Bonchev–Trinajstić information content (AvgIpc) is 2.51. The molecular weight excluding hydrogens is 406 g/mol. The molecular formula is C17H20Cl3FN2O3. The topological polar surface area (TPSA) is 49.9 Å². The van der Waals surface area contributed by atoms with Crippen molar-refractivity contribution >= 4 is 52.4 Å². The van der Waals surface area contributed by atoms with Gasteiger partial charge < -0.3 is 4.74 Å². The van der Waals surface area contributed by atoms with Gasteiger partial charge in [0.25, 0.3) is 5.91 Å². The van der Waals surface area contributed by atoms with E-state index in [-0.39, 0.29) is 13.2 Å². The molecule has 1 aliphatic rings. The van der Waals surface area contributed by atoms with Gasteiger partial charge >= 0.3 is 5.97 Å². The number of nitrogens with zero attached hydrogens (tertiary/aromatic N) is 2. The zero-order valence-electron chi connectivity index (χ0n) is 14.6. The summed E-state index contributed by atoms with van der Waals surface area (Å²) in [5.74, 6) is -2.52. The number of ether oxygens (including phenoxy) is 1. The Hall–Kier alpha value is -1.24. The monoisotopic (exact) mass is 424 g/mol. The van der Waals surface area contributed by atoms with Gasteiger partial charge in [0.1, 0.15) is 12.4 Å². The van der Waals surface area contributed by atoms with E-state index in [0.29, 0.717) is 5.69 Å². The fraction of sp³-hybridized carbons (Fsp3) is 0.529. The van der Waals surface area contributed by atoms with Crippen LogP contribution < -0.4 is 5.01 Å². The molecule has 1 unspecified atom stereocenters. The van der Waals surface area contributed by atoms with Crippen LogP contribution in [0.2, 0.25) is 0 Å². The van der Waals surface area contributed by atoms with Crippen molar-refractivity contribution in [3.63, 3.8) is 0 Å². The summed E-state index contributed by atoms with van der Waals surface area (Å²) in [6, 6.07) is 5.64. The third kappa shape index (κ3) is 4.35. The van der Waals surface area contributed by atoms with E-state index >= 15 is 0 Å². The Morgan fingerprint density at radius 1 is 1.42 bits per heavy atom. The van der Waals surface area contributed by atoms with Crippen molar-refractivity contribution in [3.05, 3.63) is 30.1 Å². The van der Waals surface area contributed by atoms with Crippen LogP contribution in [0.3, 0.4) is 0 Å². The van der Waals surface area contributed by atoms with Gasteiger partial charge in [-0.3, -0.25) is 14.6 Å². The molecule has 1 heterocycles. The number of amides is 1. The first-order valence-corrected chi connectivity index (χ1v) is 9.19. The zero-order valence-corrected chi connectivity index (χ0v) is 16.9. The van der Waals surface area contributed by atoms with Crippen LogP contribution in [0.5, 0.6) is 0 Å². The summed E-state index contributed by atoms with van der Waals surface area (Å²) in [6.07, 6.45) is 0. The molecule has 1 fully saturated rings. The van der Waals surface area contributed by atoms with E-state index in [4.69, 9.17) is 39.5 Å². The van der Waals surface area contributed by atoms with Crippen LogP contribution in [0.1, 0.15) is 20.8 Å². The number of alkyl halides is 3. The van der Waals surface area contributed by atoms with E-state index in [1.54, 1.807) is 26.8 Å². The molecule has 0 aliphatic carbocycles. The van der Waals surface area contributed by atoms with Gasteiger partial charge in [0.05, 0.1) is 12.3 Å². The third-order valence-electron chi connectivity index (χ3n) is 4.12. The quantitative estimate of drug-likeness (QED) is 0.532. The molecule has 0 radical (unpaired) electrons. The summed E-state index contributed by atoms with van der Waals surface area (Å²) in [4.78, 5) is 24.0. The number of anilines is 1. The van der Waals surface area contributed by atoms with Gasteiger partial charge in [0.15, 0.2) is 0 Å². The molecule has 1 saturated heterocycles. The molecule has 1 atom stereocenters. The molecule has 144 valence electrons. The molecule has 1 aromatic carbocycles. The largest absolute Gasteiger partial charge is 0.465 e. The van der Waals surface area contributed by atoms with Crippen molar-refractivity contribution in [1.82, 2.24) is 5.01 Å². The van der Waals surface area contributed by atoms with Crippen LogP contribution in [-0.4, -0.2) is 45.8 Å². The van der Waals surface area contributed by atoms with Gasteiger partial charge in [0, 0.05) is 17.3 Å². The SMILES string of the molecule is CCOC(=O)CN1C(=O)C(Cl)(Cl)C(C(C)(C)Cl)CN1c1cccc(F)c1. The van der Waals surface area contributed by atoms with Crippen molar-refractivity contribution in [2.45, 2.75) is 30.0 Å². The molecule has 0 bridgehead atoms. The van der Waals surface area contributed by atoms with Gasteiger partial charge in [0.2, 0.25) is 4.33 Å². The number of rotatable bonds is 5. The lowest BCUT2D eigenvalue weighted by molar-refractivity contribution is -0.151. The van der Waals surface area contributed by atoms with Crippen molar-refractivity contribution in [1.29, 1.82) is 0 Å². The highest BCUT2D eigenvalue weighted by Gasteiger charge is 2.56. The lowest BCUT2D eigenvalue weighted by Gasteiger charge is -2.50. The van der Waals surface area contributed by atoms with Crippen LogP contribution in [0.4, 0.5) is 10.1 Å². The van der Waals surface area contributed by atoms with Crippen LogP contribution in [-0.2, 0) is 14.3 Å². The summed E-state index contributed by atoms with van der Waals surface area (Å²) >= 11 is 19.1. The van der Waals surface area contributed by atoms with Crippen molar-refractivity contribution < 1.29 is 18.7 Å². The fourth-order valence-electron chi connectivity index (χ4n) is 2.83. The normalized spacial score (nSPS) is 20.3. The average molecular weight is 426 g/mol. The number of halogens is 4. The summed E-state index contributed by atoms with van der Waals surface area (Å²) in [7, 11) is 0. The highest BCUT2D eigenvalue weighted by molar-refractivity contribution is 6.59. The van der Waals surface area contributed by atoms with Gasteiger partial charge in [-0.1, -0.05) is 29.3 Å². The summed E-state index contributed by atoms with van der Waals surface area (Å²) in [5, 5.41) is 2.53. The minimum atomic E-state index is -1.85. The van der Waals surface area contributed by atoms with Gasteiger partial charge in [-0.25, -0.2) is 9.40 Å². The Labute approximate surface area is 166 Å². The zero-order chi connectivity index (χ0) is 19.7. The lowest BCUT2D eigenvalue weighted by atomic mass is 9.88. The second-order valence-electron chi connectivity index (χ2n) is 6.47. The Morgan fingerprint density at radius 2 is 2.08 bits per heavy atom. The fourth-order valence-corrected chi connectivity index (χ4v) is 4.06. The number of esters is 1. The molecule has 5 nitrogen and oxygen atoms in total. The highest BCUT2D eigenvalue weighted by Crippen LogP contribution is 2.46. The van der Waals surface area contributed by atoms with Gasteiger partial charge in [-0.15, -0.1) is 11.6 Å². The molecule has 1 aromatic rings. The number of hydrazine groups is 1. The van der Waals surface area contributed by atoms with Crippen LogP contribution in [0.15, 0.2) is 24.3 Å². The summed E-state index contributed by atoms with van der Waals surface area (Å²) < 4.78 is 16.8. The van der Waals surface area contributed by atoms with E-state index < -0.39 is 39.4 Å². The maximum absolute atomic E-state index is 13.7. The molecule has 0 N–H and O–H groups in total. The molecule has 1 aliphatic heterocycles. The molecule has 0 spiro atoms. The Balaban J connectivity index is 2.47. The minimum Gasteiger partial charge on any atom is -0.465 e. The van der Waals surface area contributed by atoms with Crippen LogP contribution in [0, 0.1) is 11.7 Å². The van der Waals surface area contributed by atoms with Crippen molar-refractivity contribution in [3.8, 4) is 0 Å². The van der Waals surface area contributed by atoms with Crippen LogP contribution >= 0.6 is 34.8 Å². The van der Waals surface area contributed by atoms with Crippen molar-refractivity contribution in [2.75, 3.05) is 24.7 Å². The standard InChI is InChI=1S/C17H20Cl3FN2O3/c1-4-26-14(24)10-23-15(25)17(19,20)13(16(2,3)18)9-22(23)12-7-5-6-11(21)8-12/h5-8,13H,4,9-10H2,1-3H3. The minimum absolute atomic E-state index is 0.109. The van der Waals surface area contributed by atoms with E-state index in [1.807, 2.05) is 0 Å². The van der Waals surface area contributed by atoms with Crippen molar-refractivity contribution in [2.24, 2.45) is 5.92 Å². The second-order valence-corrected chi connectivity index (χ2v) is 8.83. The first-order valence-electron chi connectivity index (χ1n) is 8.05. The molecule has 26 heavy (non-hydrogen) atoms. The Bertz CT molecular complexity index is 694. The number of hydrogen-bond acceptors (Lipinski definition) is 4. The maximum atomic E-state index is 13.7. The molecule has 0 saturated carbocycles. The van der Waals surface area contributed by atoms with E-state index in [2.05, 4.69) is 0 Å². The number of hydrogen-bond donors (Lipinski definition) is 0. The molecule has 1 amide bonds. The predicted octanol–water partition coefficient (Wildman–Crippen LogP) is 3.76. The Kier molecular flexibility index (Phi) is 6.31. The molecule has 9 heteroatoms. The second kappa shape index (κ2) is 7.79. The Morgan fingerprint density at radius 3 is 2.62 bits per heavy atom. The summed E-state index contributed by atoms with van der Waals surface area (Å²) in [6.45, 7) is 4.90. The van der Waals surface area contributed by atoms with Gasteiger partial charge in [-0.05, 0) is 39.0 Å². The molecule has 2 rings (SSSR count). The smallest absolute Gasteiger partial charge is 0.327 e. The van der Waals surface area contributed by atoms with E-state index in [1.165, 1.54) is 23.2 Å². The highest BCUT2D eigenvalue weighted by atomic mass is 35.5. The third-order valence-corrected chi connectivity index (χ3v) is 5.24. The first kappa shape index (κ1) is 21.1. The summed E-state index contributed by atoms with van der Waals surface area (Å²) in [5.41, 5.74) is 0.373.